The van der Waals surface area contributed by atoms with Gasteiger partial charge in [-0.25, -0.2) is 0 Å². The van der Waals surface area contributed by atoms with Crippen LogP contribution in [0.2, 0.25) is 0 Å². The molecule has 0 atom stereocenters. The quantitative estimate of drug-likeness (QED) is 0.855. The lowest BCUT2D eigenvalue weighted by Gasteiger charge is -2.08. The van der Waals surface area contributed by atoms with Crippen molar-refractivity contribution in [3.8, 4) is 5.75 Å². The van der Waals surface area contributed by atoms with Gasteiger partial charge in [-0.3, -0.25) is 0 Å². The molecule has 0 saturated carbocycles. The Balaban J connectivity index is 1.91. The lowest BCUT2D eigenvalue weighted by Crippen LogP contribution is -2.00. The Kier molecular flexibility index (Phi) is 4.32. The van der Waals surface area contributed by atoms with E-state index < -0.39 is 0 Å². The third-order valence-corrected chi connectivity index (χ3v) is 2.74. The van der Waals surface area contributed by atoms with Crippen LogP contribution >= 0.6 is 11.5 Å². The van der Waals surface area contributed by atoms with Gasteiger partial charge in [0.25, 0.3) is 0 Å². The second-order valence-electron chi connectivity index (χ2n) is 3.63. The van der Waals surface area contributed by atoms with Gasteiger partial charge in [0.05, 0.1) is 18.8 Å². The number of nitrogens with zero attached hydrogens (tertiary/aromatic N) is 2. The van der Waals surface area contributed by atoms with Gasteiger partial charge in [0, 0.05) is 17.1 Å². The number of hydrogen-bond donors (Lipinski definition) is 1. The van der Waals surface area contributed by atoms with Crippen LogP contribution in [0, 0.1) is 0 Å². The highest BCUT2D eigenvalue weighted by Crippen LogP contribution is 2.18. The Bertz CT molecular complexity index is 445. The van der Waals surface area contributed by atoms with Crippen LogP contribution in [0.5, 0.6) is 5.75 Å². The van der Waals surface area contributed by atoms with E-state index in [2.05, 4.69) is 21.8 Å². The van der Waals surface area contributed by atoms with Crippen LogP contribution in [-0.4, -0.2) is 16.2 Å². The molecular formula is C12H15N3OS. The van der Waals surface area contributed by atoms with Crippen LogP contribution in [0.1, 0.15) is 19.0 Å². The molecule has 1 N–H and O–H groups in total. The normalized spacial score (nSPS) is 10.2. The molecule has 1 aromatic carbocycles. The maximum absolute atomic E-state index is 5.57. The summed E-state index contributed by atoms with van der Waals surface area (Å²) in [6.07, 6.45) is 1.02. The van der Waals surface area contributed by atoms with Gasteiger partial charge in [0.15, 0.2) is 0 Å². The first-order valence-corrected chi connectivity index (χ1v) is 6.45. The maximum Gasteiger partial charge on any atom is 0.121 e. The minimum atomic E-state index is 0.688. The topological polar surface area (TPSA) is 47.0 Å². The van der Waals surface area contributed by atoms with E-state index in [0.717, 1.165) is 30.2 Å². The summed E-state index contributed by atoms with van der Waals surface area (Å²) in [5.74, 6) is 0.897. The summed E-state index contributed by atoms with van der Waals surface area (Å²) in [6, 6.07) is 7.95. The predicted molar refractivity (Wildman–Crippen MR) is 69.5 cm³/mol. The number of benzene rings is 1. The third-order valence-electron chi connectivity index (χ3n) is 2.19. The Morgan fingerprint density at radius 3 is 3.12 bits per heavy atom. The van der Waals surface area contributed by atoms with Crippen LogP contribution < -0.4 is 10.1 Å². The molecular weight excluding hydrogens is 234 g/mol. The number of aromatic nitrogens is 2. The standard InChI is InChI=1S/C12H15N3OS/c1-2-6-16-12-5-3-4-10(7-12)13-8-11-9-17-15-14-11/h3-5,7,9,13H,2,6,8H2,1H3. The fourth-order valence-corrected chi connectivity index (χ4v) is 1.82. The van der Waals surface area contributed by atoms with Gasteiger partial charge in [0.1, 0.15) is 5.75 Å². The number of hydrogen-bond acceptors (Lipinski definition) is 5. The molecule has 0 fully saturated rings. The molecule has 0 saturated heterocycles. The summed E-state index contributed by atoms with van der Waals surface area (Å²) >= 11 is 1.36. The Morgan fingerprint density at radius 2 is 2.35 bits per heavy atom. The molecule has 0 radical (unpaired) electrons. The molecule has 0 spiro atoms. The summed E-state index contributed by atoms with van der Waals surface area (Å²) in [6.45, 7) is 3.53. The average molecular weight is 249 g/mol. The van der Waals surface area contributed by atoms with Crippen molar-refractivity contribution in [3.05, 3.63) is 35.3 Å². The van der Waals surface area contributed by atoms with E-state index in [-0.39, 0.29) is 0 Å². The van der Waals surface area contributed by atoms with Crippen LogP contribution in [0.15, 0.2) is 29.6 Å². The molecule has 0 bridgehead atoms. The molecule has 90 valence electrons. The van der Waals surface area contributed by atoms with E-state index in [4.69, 9.17) is 4.74 Å². The molecule has 0 aliphatic rings. The van der Waals surface area contributed by atoms with Crippen molar-refractivity contribution in [2.75, 3.05) is 11.9 Å². The fourth-order valence-electron chi connectivity index (χ4n) is 1.37. The van der Waals surface area contributed by atoms with E-state index in [0.29, 0.717) is 6.54 Å². The predicted octanol–water partition coefficient (Wildman–Crippen LogP) is 2.94. The van der Waals surface area contributed by atoms with Crippen LogP contribution in [0.4, 0.5) is 5.69 Å². The average Bonchev–Trinajstić information content (AvgIpc) is 2.87. The Morgan fingerprint density at radius 1 is 1.41 bits per heavy atom. The molecule has 0 amide bonds. The zero-order chi connectivity index (χ0) is 11.9. The van der Waals surface area contributed by atoms with E-state index >= 15 is 0 Å². The number of nitrogens with one attached hydrogen (secondary N) is 1. The number of ether oxygens (including phenoxy) is 1. The minimum Gasteiger partial charge on any atom is -0.494 e. The van der Waals surface area contributed by atoms with Crippen LogP contribution in [0.3, 0.4) is 0 Å². The first kappa shape index (κ1) is 11.9. The van der Waals surface area contributed by atoms with Crippen LogP contribution in [-0.2, 0) is 6.54 Å². The first-order valence-electron chi connectivity index (χ1n) is 5.61. The highest BCUT2D eigenvalue weighted by atomic mass is 32.1. The van der Waals surface area contributed by atoms with Crippen molar-refractivity contribution >= 4 is 17.2 Å². The maximum atomic E-state index is 5.57. The monoisotopic (exact) mass is 249 g/mol. The van der Waals surface area contributed by atoms with Gasteiger partial charge in [-0.15, -0.1) is 5.10 Å². The SMILES string of the molecule is CCCOc1cccc(NCc2csnn2)c1. The zero-order valence-electron chi connectivity index (χ0n) is 9.72. The van der Waals surface area contributed by atoms with E-state index in [1.54, 1.807) is 0 Å². The van der Waals surface area contributed by atoms with Crippen molar-refractivity contribution in [1.29, 1.82) is 0 Å². The molecule has 1 aromatic heterocycles. The molecule has 5 heteroatoms. The van der Waals surface area contributed by atoms with Gasteiger partial charge in [-0.05, 0) is 30.1 Å². The Hall–Kier alpha value is -1.62. The molecule has 2 aromatic rings. The fraction of sp³-hybridized carbons (Fsp3) is 0.333. The summed E-state index contributed by atoms with van der Waals surface area (Å²) in [7, 11) is 0. The van der Waals surface area contributed by atoms with E-state index in [1.807, 2.05) is 29.6 Å². The second kappa shape index (κ2) is 6.20. The summed E-state index contributed by atoms with van der Waals surface area (Å²) < 4.78 is 9.39. The molecule has 1 heterocycles. The molecule has 4 nitrogen and oxygen atoms in total. The molecule has 0 aliphatic carbocycles. The molecule has 0 unspecified atom stereocenters. The van der Waals surface area contributed by atoms with Gasteiger partial charge in [0.2, 0.25) is 0 Å². The minimum absolute atomic E-state index is 0.688. The molecule has 0 aliphatic heterocycles. The second-order valence-corrected chi connectivity index (χ2v) is 4.24. The van der Waals surface area contributed by atoms with Gasteiger partial charge in [-0.2, -0.15) is 0 Å². The summed E-state index contributed by atoms with van der Waals surface area (Å²) in [4.78, 5) is 0. The van der Waals surface area contributed by atoms with Crippen molar-refractivity contribution in [2.24, 2.45) is 0 Å². The lowest BCUT2D eigenvalue weighted by molar-refractivity contribution is 0.317. The smallest absolute Gasteiger partial charge is 0.121 e. The molecule has 17 heavy (non-hydrogen) atoms. The molecule has 2 rings (SSSR count). The van der Waals surface area contributed by atoms with E-state index in [9.17, 15) is 0 Å². The zero-order valence-corrected chi connectivity index (χ0v) is 10.5. The van der Waals surface area contributed by atoms with Crippen molar-refractivity contribution in [2.45, 2.75) is 19.9 Å². The van der Waals surface area contributed by atoms with Crippen molar-refractivity contribution < 1.29 is 4.74 Å². The van der Waals surface area contributed by atoms with Crippen LogP contribution in [0.25, 0.3) is 0 Å². The Labute approximate surface area is 105 Å². The van der Waals surface area contributed by atoms with E-state index in [1.165, 1.54) is 11.5 Å². The number of rotatable bonds is 6. The van der Waals surface area contributed by atoms with Crippen molar-refractivity contribution in [1.82, 2.24) is 9.59 Å². The summed E-state index contributed by atoms with van der Waals surface area (Å²) in [5, 5.41) is 9.20. The highest BCUT2D eigenvalue weighted by Gasteiger charge is 1.98. The largest absolute Gasteiger partial charge is 0.494 e. The first-order chi connectivity index (χ1) is 8.38. The third kappa shape index (κ3) is 3.71. The lowest BCUT2D eigenvalue weighted by atomic mass is 10.3. The van der Waals surface area contributed by atoms with Gasteiger partial charge < -0.3 is 10.1 Å². The van der Waals surface area contributed by atoms with Gasteiger partial charge >= 0.3 is 0 Å². The summed E-state index contributed by atoms with van der Waals surface area (Å²) in [5.41, 5.74) is 1.99. The van der Waals surface area contributed by atoms with Gasteiger partial charge in [-0.1, -0.05) is 17.5 Å². The van der Waals surface area contributed by atoms with Crippen molar-refractivity contribution in [3.63, 3.8) is 0 Å². The number of anilines is 1. The highest BCUT2D eigenvalue weighted by molar-refractivity contribution is 7.03.